The van der Waals surface area contributed by atoms with Crippen molar-refractivity contribution in [2.24, 2.45) is 0 Å². The van der Waals surface area contributed by atoms with Gasteiger partial charge in [-0.1, -0.05) is 6.07 Å². The second kappa shape index (κ2) is 4.00. The molecule has 3 heteroatoms. The van der Waals surface area contributed by atoms with Crippen molar-refractivity contribution in [3.8, 4) is 6.07 Å². The summed E-state index contributed by atoms with van der Waals surface area (Å²) >= 11 is 0. The third-order valence-electron chi connectivity index (χ3n) is 4.34. The van der Waals surface area contributed by atoms with Gasteiger partial charge in [-0.25, -0.2) is 0 Å². The van der Waals surface area contributed by atoms with Crippen LogP contribution in [0.3, 0.4) is 0 Å². The summed E-state index contributed by atoms with van der Waals surface area (Å²) < 4.78 is 0. The molecule has 2 heterocycles. The zero-order chi connectivity index (χ0) is 12.8. The molecular weight excluding hydrogens is 224 g/mol. The average molecular weight is 242 g/mol. The van der Waals surface area contributed by atoms with E-state index in [2.05, 4.69) is 11.0 Å². The summed E-state index contributed by atoms with van der Waals surface area (Å²) in [4.78, 5) is 2.11. The van der Waals surface area contributed by atoms with Crippen molar-refractivity contribution in [2.75, 3.05) is 4.90 Å². The van der Waals surface area contributed by atoms with Gasteiger partial charge in [-0.05, 0) is 56.7 Å². The van der Waals surface area contributed by atoms with Crippen LogP contribution in [0.5, 0.6) is 0 Å². The minimum Gasteiger partial charge on any atom is -0.371 e. The largest absolute Gasteiger partial charge is 0.371 e. The van der Waals surface area contributed by atoms with Crippen molar-refractivity contribution in [2.45, 2.75) is 50.8 Å². The number of aryl methyl sites for hydroxylation is 1. The van der Waals surface area contributed by atoms with Gasteiger partial charge in [0, 0.05) is 6.04 Å². The van der Waals surface area contributed by atoms with Crippen molar-refractivity contribution < 1.29 is 5.11 Å². The second-order valence-corrected chi connectivity index (χ2v) is 5.57. The van der Waals surface area contributed by atoms with Crippen LogP contribution >= 0.6 is 0 Å². The summed E-state index contributed by atoms with van der Waals surface area (Å²) in [6.07, 6.45) is 4.90. The van der Waals surface area contributed by atoms with Crippen LogP contribution in [0.25, 0.3) is 0 Å². The molecule has 18 heavy (non-hydrogen) atoms. The molecule has 2 unspecified atom stereocenters. The van der Waals surface area contributed by atoms with Gasteiger partial charge < -0.3 is 10.0 Å². The number of hydrogen-bond donors (Lipinski definition) is 1. The number of hydrogen-bond acceptors (Lipinski definition) is 3. The third kappa shape index (κ3) is 1.60. The highest BCUT2D eigenvalue weighted by molar-refractivity contribution is 5.63. The molecule has 2 atom stereocenters. The van der Waals surface area contributed by atoms with Gasteiger partial charge in [0.2, 0.25) is 0 Å². The van der Waals surface area contributed by atoms with E-state index in [-0.39, 0.29) is 0 Å². The Morgan fingerprint density at radius 3 is 2.94 bits per heavy atom. The van der Waals surface area contributed by atoms with Crippen LogP contribution in [0.15, 0.2) is 18.2 Å². The van der Waals surface area contributed by atoms with Gasteiger partial charge in [-0.3, -0.25) is 0 Å². The fourth-order valence-electron chi connectivity index (χ4n) is 3.50. The number of piperidine rings is 1. The monoisotopic (exact) mass is 242 g/mol. The molecule has 2 fully saturated rings. The highest BCUT2D eigenvalue weighted by Gasteiger charge is 2.48. The zero-order valence-corrected chi connectivity index (χ0v) is 10.7. The molecule has 0 radical (unpaired) electrons. The maximum Gasteiger partial charge on any atom is 0.138 e. The molecule has 1 N–H and O–H groups in total. The maximum absolute atomic E-state index is 10.7. The van der Waals surface area contributed by atoms with Gasteiger partial charge in [0.05, 0.1) is 11.3 Å². The summed E-state index contributed by atoms with van der Waals surface area (Å²) in [5.41, 5.74) is 1.96. The minimum atomic E-state index is -0.718. The molecule has 0 spiro atoms. The summed E-state index contributed by atoms with van der Waals surface area (Å²) in [6, 6.07) is 8.59. The van der Waals surface area contributed by atoms with E-state index in [0.29, 0.717) is 11.6 Å². The first-order chi connectivity index (χ1) is 8.64. The van der Waals surface area contributed by atoms with E-state index in [0.717, 1.165) is 43.4 Å². The SMILES string of the molecule is Cc1ccc(N2C3CCCC2(O)CC3)c(C#N)c1. The van der Waals surface area contributed by atoms with E-state index >= 15 is 0 Å². The third-order valence-corrected chi connectivity index (χ3v) is 4.34. The first-order valence-corrected chi connectivity index (χ1v) is 6.66. The number of rotatable bonds is 1. The maximum atomic E-state index is 10.7. The number of benzene rings is 1. The van der Waals surface area contributed by atoms with Gasteiger partial charge in [-0.2, -0.15) is 5.26 Å². The molecule has 0 saturated carbocycles. The van der Waals surface area contributed by atoms with E-state index in [4.69, 9.17) is 0 Å². The van der Waals surface area contributed by atoms with E-state index in [9.17, 15) is 10.4 Å². The lowest BCUT2D eigenvalue weighted by Gasteiger charge is -2.43. The van der Waals surface area contributed by atoms with Crippen LogP contribution in [-0.2, 0) is 0 Å². The first-order valence-electron chi connectivity index (χ1n) is 6.66. The van der Waals surface area contributed by atoms with E-state index in [1.54, 1.807) is 0 Å². The fourth-order valence-corrected chi connectivity index (χ4v) is 3.50. The molecule has 2 bridgehead atoms. The van der Waals surface area contributed by atoms with Gasteiger partial charge in [0.15, 0.2) is 0 Å². The lowest BCUT2D eigenvalue weighted by atomic mass is 9.97. The van der Waals surface area contributed by atoms with E-state index in [1.807, 2.05) is 25.1 Å². The lowest BCUT2D eigenvalue weighted by Crippen LogP contribution is -2.50. The fraction of sp³-hybridized carbons (Fsp3) is 0.533. The highest BCUT2D eigenvalue weighted by Crippen LogP contribution is 2.46. The van der Waals surface area contributed by atoms with E-state index < -0.39 is 5.72 Å². The summed E-state index contributed by atoms with van der Waals surface area (Å²) in [5, 5.41) is 20.0. The quantitative estimate of drug-likeness (QED) is 0.823. The minimum absolute atomic E-state index is 0.401. The standard InChI is InChI=1S/C15H18N2O/c1-11-4-5-14(12(9-11)10-16)17-13-3-2-7-15(17,18)8-6-13/h4-5,9,13,18H,2-3,6-8H2,1H3. The summed E-state index contributed by atoms with van der Waals surface area (Å²) in [6.45, 7) is 1.99. The smallest absolute Gasteiger partial charge is 0.138 e. The molecule has 1 aromatic rings. The molecular formula is C15H18N2O. The average Bonchev–Trinajstić information content (AvgIpc) is 2.55. The van der Waals surface area contributed by atoms with Crippen LogP contribution in [0.1, 0.15) is 43.2 Å². The predicted molar refractivity (Wildman–Crippen MR) is 70.2 cm³/mol. The molecule has 2 saturated heterocycles. The molecule has 0 amide bonds. The van der Waals surface area contributed by atoms with Crippen LogP contribution < -0.4 is 4.90 Å². The van der Waals surface area contributed by atoms with Crippen LogP contribution in [-0.4, -0.2) is 16.9 Å². The van der Waals surface area contributed by atoms with Gasteiger partial charge in [-0.15, -0.1) is 0 Å². The van der Waals surface area contributed by atoms with Crippen LogP contribution in [0.4, 0.5) is 5.69 Å². The normalized spacial score (nSPS) is 30.3. The highest BCUT2D eigenvalue weighted by atomic mass is 16.3. The molecule has 0 aliphatic carbocycles. The Hall–Kier alpha value is -1.53. The Labute approximate surface area is 108 Å². The molecule has 1 aromatic carbocycles. The van der Waals surface area contributed by atoms with Crippen molar-refractivity contribution in [3.05, 3.63) is 29.3 Å². The Kier molecular flexibility index (Phi) is 2.57. The number of fused-ring (bicyclic) bond motifs is 2. The molecule has 3 nitrogen and oxygen atoms in total. The van der Waals surface area contributed by atoms with Crippen molar-refractivity contribution in [1.82, 2.24) is 0 Å². The van der Waals surface area contributed by atoms with Gasteiger partial charge >= 0.3 is 0 Å². The number of anilines is 1. The lowest BCUT2D eigenvalue weighted by molar-refractivity contribution is 0.0279. The van der Waals surface area contributed by atoms with E-state index in [1.165, 1.54) is 0 Å². The summed E-state index contributed by atoms with van der Waals surface area (Å²) in [5.74, 6) is 0. The Bertz CT molecular complexity index is 516. The number of aliphatic hydroxyl groups is 1. The zero-order valence-electron chi connectivity index (χ0n) is 10.7. The predicted octanol–water partition coefficient (Wildman–Crippen LogP) is 2.71. The van der Waals surface area contributed by atoms with Crippen molar-refractivity contribution >= 4 is 5.69 Å². The van der Waals surface area contributed by atoms with Gasteiger partial charge in [0.1, 0.15) is 11.8 Å². The number of nitriles is 1. The van der Waals surface area contributed by atoms with Crippen LogP contribution in [0, 0.1) is 18.3 Å². The summed E-state index contributed by atoms with van der Waals surface area (Å²) in [7, 11) is 0. The molecule has 2 aliphatic heterocycles. The molecule has 3 rings (SSSR count). The van der Waals surface area contributed by atoms with Crippen LogP contribution in [0.2, 0.25) is 0 Å². The Morgan fingerprint density at radius 2 is 2.22 bits per heavy atom. The van der Waals surface area contributed by atoms with Gasteiger partial charge in [0.25, 0.3) is 0 Å². The second-order valence-electron chi connectivity index (χ2n) is 5.57. The Morgan fingerprint density at radius 1 is 1.39 bits per heavy atom. The Balaban J connectivity index is 2.08. The molecule has 0 aromatic heterocycles. The molecule has 2 aliphatic rings. The topological polar surface area (TPSA) is 47.3 Å². The van der Waals surface area contributed by atoms with Crippen molar-refractivity contribution in [3.63, 3.8) is 0 Å². The van der Waals surface area contributed by atoms with Crippen molar-refractivity contribution in [1.29, 1.82) is 5.26 Å². The molecule has 94 valence electrons. The first kappa shape index (κ1) is 11.6. The number of nitrogens with zero attached hydrogens (tertiary/aromatic N) is 2.